The number of benzene rings is 3. The smallest absolute Gasteiger partial charge is 0.269 e. The van der Waals surface area contributed by atoms with Crippen LogP contribution >= 0.6 is 0 Å². The van der Waals surface area contributed by atoms with E-state index in [1.807, 2.05) is 6.07 Å². The van der Waals surface area contributed by atoms with Gasteiger partial charge in [0, 0.05) is 73.8 Å². The van der Waals surface area contributed by atoms with Crippen molar-refractivity contribution in [2.24, 2.45) is 0 Å². The van der Waals surface area contributed by atoms with E-state index in [1.54, 1.807) is 56.5 Å². The molecule has 15 nitrogen and oxygen atoms in total. The Morgan fingerprint density at radius 2 is 1.73 bits per heavy atom. The first-order valence-electron chi connectivity index (χ1n) is 15.2. The SMILES string of the molecule is COc1cc2ncnc(Nc3ccc(S(=O)(=O)Nc4cc(C)on4)cc3)c2cc1OCCCN1CCN(c2ccc([N+](=O)[O-])cc2)CC1. The maximum Gasteiger partial charge on any atom is 0.269 e. The highest BCUT2D eigenvalue weighted by Gasteiger charge is 2.19. The van der Waals surface area contributed by atoms with E-state index in [0.717, 1.165) is 44.8 Å². The summed E-state index contributed by atoms with van der Waals surface area (Å²) in [4.78, 5) is 24.0. The third-order valence-electron chi connectivity index (χ3n) is 7.89. The van der Waals surface area contributed by atoms with Gasteiger partial charge in [-0.1, -0.05) is 5.16 Å². The molecule has 0 spiro atoms. The third-order valence-corrected chi connectivity index (χ3v) is 9.26. The van der Waals surface area contributed by atoms with Gasteiger partial charge in [-0.05, 0) is 55.8 Å². The summed E-state index contributed by atoms with van der Waals surface area (Å²) in [5.74, 6) is 2.22. The van der Waals surface area contributed by atoms with Gasteiger partial charge in [0.2, 0.25) is 0 Å². The lowest BCUT2D eigenvalue weighted by atomic mass is 10.2. The van der Waals surface area contributed by atoms with Gasteiger partial charge in [0.05, 0.1) is 29.1 Å². The van der Waals surface area contributed by atoms with Crippen LogP contribution in [0.4, 0.5) is 28.7 Å². The molecule has 0 saturated carbocycles. The van der Waals surface area contributed by atoms with Crippen LogP contribution in [0.5, 0.6) is 11.5 Å². The van der Waals surface area contributed by atoms with Crippen molar-refractivity contribution in [3.8, 4) is 11.5 Å². The number of methoxy groups -OCH3 is 1. The van der Waals surface area contributed by atoms with Crippen molar-refractivity contribution in [2.45, 2.75) is 18.2 Å². The van der Waals surface area contributed by atoms with Gasteiger partial charge in [-0.15, -0.1) is 0 Å². The fraction of sp³-hybridized carbons (Fsp3) is 0.281. The molecule has 1 aliphatic rings. The number of non-ortho nitro benzene ring substituents is 1. The summed E-state index contributed by atoms with van der Waals surface area (Å²) in [5.41, 5.74) is 2.35. The number of nitrogens with zero attached hydrogens (tertiary/aromatic N) is 6. The van der Waals surface area contributed by atoms with E-state index >= 15 is 0 Å². The predicted octanol–water partition coefficient (Wildman–Crippen LogP) is 4.98. The molecule has 2 aromatic heterocycles. The second-order valence-corrected chi connectivity index (χ2v) is 12.8. The van der Waals surface area contributed by atoms with Gasteiger partial charge in [-0.2, -0.15) is 0 Å². The largest absolute Gasteiger partial charge is 0.493 e. The van der Waals surface area contributed by atoms with E-state index < -0.39 is 10.0 Å². The summed E-state index contributed by atoms with van der Waals surface area (Å²) in [7, 11) is -2.28. The fourth-order valence-electron chi connectivity index (χ4n) is 5.39. The summed E-state index contributed by atoms with van der Waals surface area (Å²) >= 11 is 0. The molecule has 0 aliphatic carbocycles. The van der Waals surface area contributed by atoms with Crippen molar-refractivity contribution >= 4 is 49.6 Å². The Balaban J connectivity index is 1.05. The Bertz CT molecular complexity index is 2000. The van der Waals surface area contributed by atoms with Crippen LogP contribution in [0.25, 0.3) is 10.9 Å². The molecule has 0 atom stereocenters. The second-order valence-electron chi connectivity index (χ2n) is 11.1. The van der Waals surface area contributed by atoms with Gasteiger partial charge >= 0.3 is 0 Å². The molecule has 3 heterocycles. The molecule has 0 amide bonds. The molecule has 16 heteroatoms. The maximum absolute atomic E-state index is 12.8. The molecule has 2 N–H and O–H groups in total. The Kier molecular flexibility index (Phi) is 9.54. The highest BCUT2D eigenvalue weighted by Crippen LogP contribution is 2.35. The van der Waals surface area contributed by atoms with E-state index in [9.17, 15) is 18.5 Å². The lowest BCUT2D eigenvalue weighted by molar-refractivity contribution is -0.384. The van der Waals surface area contributed by atoms with Crippen molar-refractivity contribution in [2.75, 3.05) is 61.4 Å². The zero-order valence-corrected chi connectivity index (χ0v) is 27.1. The van der Waals surface area contributed by atoms with Crippen molar-refractivity contribution in [3.05, 3.63) is 88.9 Å². The third kappa shape index (κ3) is 7.56. The molecule has 0 radical (unpaired) electrons. The zero-order chi connectivity index (χ0) is 33.7. The molecular weight excluding hydrogens is 640 g/mol. The molecule has 1 aliphatic heterocycles. The molecule has 1 fully saturated rings. The number of aryl methyl sites for hydroxylation is 1. The van der Waals surface area contributed by atoms with Gasteiger partial charge in [0.15, 0.2) is 17.3 Å². The fourth-order valence-corrected chi connectivity index (χ4v) is 6.37. The van der Waals surface area contributed by atoms with Gasteiger partial charge in [0.1, 0.15) is 17.9 Å². The highest BCUT2D eigenvalue weighted by atomic mass is 32.2. The number of piperazine rings is 1. The Labute approximate surface area is 276 Å². The Morgan fingerprint density at radius 3 is 2.40 bits per heavy atom. The molecule has 5 aromatic rings. The highest BCUT2D eigenvalue weighted by molar-refractivity contribution is 7.92. The minimum Gasteiger partial charge on any atom is -0.493 e. The molecule has 3 aromatic carbocycles. The van der Waals surface area contributed by atoms with Crippen molar-refractivity contribution < 1.29 is 27.3 Å². The number of fused-ring (bicyclic) bond motifs is 1. The number of hydrogen-bond donors (Lipinski definition) is 2. The summed E-state index contributed by atoms with van der Waals surface area (Å²) in [6, 6.07) is 18.1. The topological polar surface area (TPSA) is 178 Å². The first kappa shape index (κ1) is 32.5. The second kappa shape index (κ2) is 14.1. The average molecular weight is 675 g/mol. The summed E-state index contributed by atoms with van der Waals surface area (Å²) in [6.07, 6.45) is 2.24. The number of sulfonamides is 1. The van der Waals surface area contributed by atoms with Crippen LogP contribution in [-0.2, 0) is 10.0 Å². The average Bonchev–Trinajstić information content (AvgIpc) is 3.50. The van der Waals surface area contributed by atoms with Crippen LogP contribution in [0.1, 0.15) is 12.2 Å². The Hall–Kier alpha value is -5.48. The van der Waals surface area contributed by atoms with Gasteiger partial charge in [-0.3, -0.25) is 19.7 Å². The van der Waals surface area contributed by atoms with Crippen LogP contribution in [0.2, 0.25) is 0 Å². The van der Waals surface area contributed by atoms with Crippen LogP contribution in [0, 0.1) is 17.0 Å². The standard InChI is InChI=1S/C32H34N8O7S/c1-22-18-31(36-47-22)37-48(43,44)26-10-4-23(5-11-26)35-32-27-19-30(29(45-2)20-28(27)33-21-34-32)46-17-3-12-38-13-15-39(16-14-38)24-6-8-25(9-7-24)40(41)42/h4-11,18-21H,3,12-17H2,1-2H3,(H,36,37)(H,33,34,35). The van der Waals surface area contributed by atoms with E-state index in [-0.39, 0.29) is 21.3 Å². The number of nitro benzene ring substituents is 1. The number of nitrogens with one attached hydrogen (secondary N) is 2. The zero-order valence-electron chi connectivity index (χ0n) is 26.3. The first-order chi connectivity index (χ1) is 23.2. The quantitative estimate of drug-likeness (QED) is 0.0972. The Morgan fingerprint density at radius 1 is 0.979 bits per heavy atom. The molecule has 250 valence electrons. The summed E-state index contributed by atoms with van der Waals surface area (Å²) in [5, 5.41) is 18.6. The lowest BCUT2D eigenvalue weighted by Gasteiger charge is -2.36. The van der Waals surface area contributed by atoms with Crippen molar-refractivity contribution in [1.82, 2.24) is 20.0 Å². The van der Waals surface area contributed by atoms with Crippen molar-refractivity contribution in [3.63, 3.8) is 0 Å². The number of rotatable bonds is 13. The number of ether oxygens (including phenoxy) is 2. The number of hydrogen-bond acceptors (Lipinski definition) is 13. The van der Waals surface area contributed by atoms with Gasteiger partial charge < -0.3 is 24.2 Å². The van der Waals surface area contributed by atoms with E-state index in [0.29, 0.717) is 46.3 Å². The van der Waals surface area contributed by atoms with Gasteiger partial charge in [-0.25, -0.2) is 18.4 Å². The minimum absolute atomic E-state index is 0.0630. The molecule has 0 bridgehead atoms. The number of nitro groups is 1. The van der Waals surface area contributed by atoms with E-state index in [4.69, 9.17) is 14.0 Å². The maximum atomic E-state index is 12.8. The van der Waals surface area contributed by atoms with E-state index in [1.165, 1.54) is 24.5 Å². The lowest BCUT2D eigenvalue weighted by Crippen LogP contribution is -2.46. The molecular formula is C32H34N8O7S. The minimum atomic E-state index is -3.85. The van der Waals surface area contributed by atoms with Crippen LogP contribution in [0.3, 0.4) is 0 Å². The normalized spacial score (nSPS) is 13.8. The first-order valence-corrected chi connectivity index (χ1v) is 16.7. The molecule has 1 saturated heterocycles. The van der Waals surface area contributed by atoms with Crippen LogP contribution < -0.4 is 24.4 Å². The predicted molar refractivity (Wildman–Crippen MR) is 180 cm³/mol. The number of anilines is 4. The van der Waals surface area contributed by atoms with Crippen molar-refractivity contribution in [1.29, 1.82) is 0 Å². The van der Waals surface area contributed by atoms with Gasteiger partial charge in [0.25, 0.3) is 15.7 Å². The van der Waals surface area contributed by atoms with E-state index in [2.05, 4.69) is 35.0 Å². The van der Waals surface area contributed by atoms with Crippen LogP contribution in [0.15, 0.2) is 82.5 Å². The number of aromatic nitrogens is 3. The molecule has 6 rings (SSSR count). The summed E-state index contributed by atoms with van der Waals surface area (Å²) in [6.45, 7) is 6.44. The molecule has 0 unspecified atom stereocenters. The molecule has 48 heavy (non-hydrogen) atoms. The van der Waals surface area contributed by atoms with Crippen LogP contribution in [-0.4, -0.2) is 79.8 Å². The monoisotopic (exact) mass is 674 g/mol. The summed E-state index contributed by atoms with van der Waals surface area (Å²) < 4.78 is 44.6.